The third kappa shape index (κ3) is 4.22. The molecule has 0 aromatic carbocycles. The average Bonchev–Trinajstić information content (AvgIpc) is 3.19. The SMILES string of the molecule is C[C@H]1CN(c2ncc(Cl)c(N3CC(C(=O)NC(C)(C)c4cnc5ccccn45)C3)n2)CCN1. The van der Waals surface area contributed by atoms with Crippen molar-refractivity contribution in [2.24, 2.45) is 5.92 Å². The van der Waals surface area contributed by atoms with Gasteiger partial charge in [-0.15, -0.1) is 0 Å². The van der Waals surface area contributed by atoms with Gasteiger partial charge in [0.25, 0.3) is 0 Å². The summed E-state index contributed by atoms with van der Waals surface area (Å²) < 4.78 is 2.01. The van der Waals surface area contributed by atoms with Crippen LogP contribution in [-0.4, -0.2) is 64.0 Å². The fourth-order valence-corrected chi connectivity index (χ4v) is 4.73. The number of anilines is 2. The van der Waals surface area contributed by atoms with E-state index in [-0.39, 0.29) is 11.8 Å². The zero-order valence-corrected chi connectivity index (χ0v) is 19.9. The van der Waals surface area contributed by atoms with Gasteiger partial charge in [0, 0.05) is 45.0 Å². The summed E-state index contributed by atoms with van der Waals surface area (Å²) in [5.41, 5.74) is 1.24. The normalized spacial score (nSPS) is 19.6. The number of imidazole rings is 1. The second-order valence-electron chi connectivity index (χ2n) is 9.43. The maximum Gasteiger partial charge on any atom is 0.227 e. The van der Waals surface area contributed by atoms with E-state index in [1.807, 2.05) is 53.7 Å². The quantitative estimate of drug-likeness (QED) is 0.592. The Morgan fingerprint density at radius 2 is 2.00 bits per heavy atom. The molecule has 9 nitrogen and oxygen atoms in total. The lowest BCUT2D eigenvalue weighted by Crippen LogP contribution is -2.57. The van der Waals surface area contributed by atoms with E-state index >= 15 is 0 Å². The lowest BCUT2D eigenvalue weighted by molar-refractivity contribution is -0.127. The molecule has 2 N–H and O–H groups in total. The fraction of sp³-hybridized carbons (Fsp3) is 0.478. The summed E-state index contributed by atoms with van der Waals surface area (Å²) in [5, 5.41) is 7.13. The summed E-state index contributed by atoms with van der Waals surface area (Å²) in [6.07, 6.45) is 5.44. The number of hydrogen-bond donors (Lipinski definition) is 2. The van der Waals surface area contributed by atoms with Crippen LogP contribution in [0.25, 0.3) is 5.65 Å². The number of halogens is 1. The van der Waals surface area contributed by atoms with Gasteiger partial charge in [-0.05, 0) is 32.9 Å². The van der Waals surface area contributed by atoms with Crippen LogP contribution in [0.2, 0.25) is 5.02 Å². The molecule has 0 bridgehead atoms. The van der Waals surface area contributed by atoms with Gasteiger partial charge in [-0.2, -0.15) is 4.98 Å². The lowest BCUT2D eigenvalue weighted by atomic mass is 9.95. The molecule has 3 aromatic rings. The third-order valence-corrected chi connectivity index (χ3v) is 6.68. The molecule has 2 aliphatic rings. The molecule has 2 aliphatic heterocycles. The first-order valence-electron chi connectivity index (χ1n) is 11.3. The molecule has 5 rings (SSSR count). The van der Waals surface area contributed by atoms with Crippen LogP contribution in [0.5, 0.6) is 0 Å². The molecule has 174 valence electrons. The van der Waals surface area contributed by atoms with Crippen LogP contribution in [0.3, 0.4) is 0 Å². The molecular formula is C23H29ClN8O. The molecule has 0 radical (unpaired) electrons. The Balaban J connectivity index is 1.25. The van der Waals surface area contributed by atoms with Crippen molar-refractivity contribution < 1.29 is 4.79 Å². The number of pyridine rings is 1. The zero-order valence-electron chi connectivity index (χ0n) is 19.1. The Labute approximate surface area is 198 Å². The topological polar surface area (TPSA) is 90.7 Å². The minimum atomic E-state index is -0.559. The van der Waals surface area contributed by atoms with Gasteiger partial charge >= 0.3 is 0 Å². The number of amides is 1. The predicted octanol–water partition coefficient (Wildman–Crippen LogP) is 2.06. The summed E-state index contributed by atoms with van der Waals surface area (Å²) >= 11 is 6.42. The van der Waals surface area contributed by atoms with Crippen molar-refractivity contribution in [3.63, 3.8) is 0 Å². The summed E-state index contributed by atoms with van der Waals surface area (Å²) in [5.74, 6) is 1.27. The van der Waals surface area contributed by atoms with E-state index in [9.17, 15) is 4.79 Å². The monoisotopic (exact) mass is 468 g/mol. The molecule has 0 saturated carbocycles. The molecule has 10 heteroatoms. The van der Waals surface area contributed by atoms with Crippen LogP contribution in [0.1, 0.15) is 26.5 Å². The maximum absolute atomic E-state index is 13.0. The highest BCUT2D eigenvalue weighted by Gasteiger charge is 2.38. The Morgan fingerprint density at radius 1 is 1.18 bits per heavy atom. The summed E-state index contributed by atoms with van der Waals surface area (Å²) in [6, 6.07) is 6.24. The van der Waals surface area contributed by atoms with E-state index in [0.717, 1.165) is 31.0 Å². The Kier molecular flexibility index (Phi) is 5.62. The lowest BCUT2D eigenvalue weighted by Gasteiger charge is -2.41. The molecule has 1 atom stereocenters. The number of hydrogen-bond acceptors (Lipinski definition) is 7. The molecular weight excluding hydrogens is 440 g/mol. The van der Waals surface area contributed by atoms with Crippen LogP contribution in [-0.2, 0) is 10.3 Å². The number of nitrogens with zero attached hydrogens (tertiary/aromatic N) is 6. The molecule has 0 aliphatic carbocycles. The van der Waals surface area contributed by atoms with E-state index in [1.165, 1.54) is 0 Å². The van der Waals surface area contributed by atoms with E-state index in [2.05, 4.69) is 32.4 Å². The second-order valence-corrected chi connectivity index (χ2v) is 9.84. The second kappa shape index (κ2) is 8.46. The third-order valence-electron chi connectivity index (χ3n) is 6.41. The molecule has 1 amide bonds. The first-order valence-corrected chi connectivity index (χ1v) is 11.7. The van der Waals surface area contributed by atoms with Crippen LogP contribution in [0, 0.1) is 5.92 Å². The molecule has 5 heterocycles. The van der Waals surface area contributed by atoms with E-state index in [0.29, 0.717) is 35.9 Å². The highest BCUT2D eigenvalue weighted by molar-refractivity contribution is 6.32. The van der Waals surface area contributed by atoms with E-state index in [1.54, 1.807) is 6.20 Å². The number of nitrogens with one attached hydrogen (secondary N) is 2. The number of fused-ring (bicyclic) bond motifs is 1. The van der Waals surface area contributed by atoms with Crippen LogP contribution in [0.4, 0.5) is 11.8 Å². The number of aromatic nitrogens is 4. The summed E-state index contributed by atoms with van der Waals surface area (Å²) in [4.78, 5) is 30.9. The van der Waals surface area contributed by atoms with Crippen molar-refractivity contribution in [3.05, 3.63) is 47.5 Å². The van der Waals surface area contributed by atoms with Gasteiger partial charge in [0.05, 0.1) is 29.5 Å². The van der Waals surface area contributed by atoms with Gasteiger partial charge < -0.3 is 24.8 Å². The van der Waals surface area contributed by atoms with Crippen LogP contribution >= 0.6 is 11.6 Å². The summed E-state index contributed by atoms with van der Waals surface area (Å²) in [6.45, 7) is 9.90. The predicted molar refractivity (Wildman–Crippen MR) is 129 cm³/mol. The van der Waals surface area contributed by atoms with Crippen molar-refractivity contribution in [1.29, 1.82) is 0 Å². The minimum Gasteiger partial charge on any atom is -0.353 e. The number of carbonyl (C=O) groups is 1. The van der Waals surface area contributed by atoms with Gasteiger partial charge in [0.1, 0.15) is 10.7 Å². The average molecular weight is 469 g/mol. The van der Waals surface area contributed by atoms with Gasteiger partial charge in [-0.3, -0.25) is 4.79 Å². The number of carbonyl (C=O) groups excluding carboxylic acids is 1. The number of rotatable bonds is 5. The Hall–Kier alpha value is -2.91. The Bertz CT molecular complexity index is 1170. The van der Waals surface area contributed by atoms with Gasteiger partial charge in [0.2, 0.25) is 11.9 Å². The highest BCUT2D eigenvalue weighted by atomic mass is 35.5. The molecule has 3 aromatic heterocycles. The maximum atomic E-state index is 13.0. The first-order chi connectivity index (χ1) is 15.8. The van der Waals surface area contributed by atoms with Gasteiger partial charge in [0.15, 0.2) is 5.82 Å². The van der Waals surface area contributed by atoms with Crippen molar-refractivity contribution in [1.82, 2.24) is 30.0 Å². The molecule has 33 heavy (non-hydrogen) atoms. The molecule has 0 unspecified atom stereocenters. The van der Waals surface area contributed by atoms with E-state index < -0.39 is 5.54 Å². The standard InChI is InChI=1S/C23H29ClN8O/c1-15-12-30(9-7-25-15)22-27-10-17(24)20(28-22)31-13-16(14-31)21(33)29-23(2,3)18-11-26-19-6-4-5-8-32(18)19/h4-6,8,10-11,15-16,25H,7,9,12-14H2,1-3H3,(H,29,33)/t15-/m0/s1. The first kappa shape index (κ1) is 21.9. The number of piperazine rings is 1. The largest absolute Gasteiger partial charge is 0.353 e. The molecule has 2 saturated heterocycles. The van der Waals surface area contributed by atoms with E-state index in [4.69, 9.17) is 16.6 Å². The van der Waals surface area contributed by atoms with Gasteiger partial charge in [-0.1, -0.05) is 17.7 Å². The van der Waals surface area contributed by atoms with Gasteiger partial charge in [-0.25, -0.2) is 9.97 Å². The molecule has 0 spiro atoms. The Morgan fingerprint density at radius 3 is 2.79 bits per heavy atom. The fourth-order valence-electron chi connectivity index (χ4n) is 4.52. The molecule has 2 fully saturated rings. The smallest absolute Gasteiger partial charge is 0.227 e. The van der Waals surface area contributed by atoms with Crippen LogP contribution in [0.15, 0.2) is 36.8 Å². The highest BCUT2D eigenvalue weighted by Crippen LogP contribution is 2.31. The van der Waals surface area contributed by atoms with Crippen molar-refractivity contribution in [2.75, 3.05) is 42.5 Å². The van der Waals surface area contributed by atoms with Crippen molar-refractivity contribution in [3.8, 4) is 0 Å². The summed E-state index contributed by atoms with van der Waals surface area (Å²) in [7, 11) is 0. The van der Waals surface area contributed by atoms with Crippen LogP contribution < -0.4 is 20.4 Å². The zero-order chi connectivity index (χ0) is 23.2. The van der Waals surface area contributed by atoms with Crippen molar-refractivity contribution in [2.45, 2.75) is 32.4 Å². The van der Waals surface area contributed by atoms with Crippen molar-refractivity contribution >= 4 is 34.9 Å². The minimum absolute atomic E-state index is 0.0171.